The number of hydrogen-bond acceptors (Lipinski definition) is 4. The first-order valence-corrected chi connectivity index (χ1v) is 8.04. The molecule has 0 aromatic carbocycles. The van der Waals surface area contributed by atoms with Gasteiger partial charge in [-0.25, -0.2) is 8.42 Å². The summed E-state index contributed by atoms with van der Waals surface area (Å²) in [6, 6.07) is 0.226. The second-order valence-electron chi connectivity index (χ2n) is 5.41. The molecule has 1 amide bonds. The lowest BCUT2D eigenvalue weighted by Gasteiger charge is -2.22. The number of carbonyl (C=O) groups excluding carboxylic acids is 1. The maximum absolute atomic E-state index is 12.3. The van der Waals surface area contributed by atoms with E-state index in [-0.39, 0.29) is 11.8 Å². The molecule has 0 aliphatic carbocycles. The van der Waals surface area contributed by atoms with Gasteiger partial charge in [-0.1, -0.05) is 13.8 Å². The van der Waals surface area contributed by atoms with Crippen LogP contribution in [0.15, 0.2) is 28.2 Å². The van der Waals surface area contributed by atoms with E-state index in [1.54, 1.807) is 14.1 Å². The molecule has 0 aliphatic heterocycles. The highest BCUT2D eigenvalue weighted by atomic mass is 32.2. The van der Waals surface area contributed by atoms with E-state index in [9.17, 15) is 18.0 Å². The largest absolute Gasteiger partial charge is 0.366 e. The maximum atomic E-state index is 12.3. The van der Waals surface area contributed by atoms with Gasteiger partial charge in [0.25, 0.3) is 0 Å². The molecule has 0 bridgehead atoms. The third-order valence-electron chi connectivity index (χ3n) is 2.82. The molecule has 1 rings (SSSR count). The van der Waals surface area contributed by atoms with Gasteiger partial charge < -0.3 is 9.88 Å². The molecular formula is C13H21N3O4S. The molecule has 0 saturated carbocycles. The van der Waals surface area contributed by atoms with Crippen molar-refractivity contribution < 1.29 is 13.2 Å². The number of rotatable bonds is 6. The van der Waals surface area contributed by atoms with Crippen molar-refractivity contribution in [2.75, 3.05) is 14.1 Å². The number of aromatic amines is 1. The number of carbonyl (C=O) groups is 1. The fraction of sp³-hybridized carbons (Fsp3) is 0.538. The summed E-state index contributed by atoms with van der Waals surface area (Å²) in [7, 11) is -0.946. The van der Waals surface area contributed by atoms with Gasteiger partial charge in [0.05, 0.1) is 0 Å². The molecule has 118 valence electrons. The zero-order chi connectivity index (χ0) is 16.2. The molecule has 1 heterocycles. The summed E-state index contributed by atoms with van der Waals surface area (Å²) in [4.78, 5) is 27.2. The summed E-state index contributed by atoms with van der Waals surface area (Å²) in [6.45, 7) is 3.78. The number of pyridine rings is 1. The van der Waals surface area contributed by atoms with Gasteiger partial charge in [0.15, 0.2) is 0 Å². The van der Waals surface area contributed by atoms with Crippen LogP contribution in [0.1, 0.15) is 20.3 Å². The summed E-state index contributed by atoms with van der Waals surface area (Å²) < 4.78 is 26.9. The minimum atomic E-state index is -4.06. The van der Waals surface area contributed by atoms with E-state index in [1.807, 2.05) is 13.8 Å². The second-order valence-corrected chi connectivity index (χ2v) is 7.09. The Bertz CT molecular complexity index is 649. The van der Waals surface area contributed by atoms with E-state index < -0.39 is 26.4 Å². The average Bonchev–Trinajstić information content (AvgIpc) is 2.36. The molecule has 0 fully saturated rings. The van der Waals surface area contributed by atoms with Crippen molar-refractivity contribution in [3.8, 4) is 0 Å². The Hall–Kier alpha value is -1.67. The zero-order valence-electron chi connectivity index (χ0n) is 12.6. The van der Waals surface area contributed by atoms with Gasteiger partial charge in [-0.3, -0.25) is 9.59 Å². The van der Waals surface area contributed by atoms with E-state index in [1.165, 1.54) is 11.1 Å². The van der Waals surface area contributed by atoms with Gasteiger partial charge in [0.1, 0.15) is 10.9 Å². The van der Waals surface area contributed by atoms with E-state index in [0.29, 0.717) is 6.42 Å². The maximum Gasteiger partial charge on any atom is 0.246 e. The van der Waals surface area contributed by atoms with E-state index in [0.717, 1.165) is 12.3 Å². The number of aromatic nitrogens is 1. The average molecular weight is 315 g/mol. The predicted molar refractivity (Wildman–Crippen MR) is 79.3 cm³/mol. The lowest BCUT2D eigenvalue weighted by Crippen LogP contribution is -2.47. The quantitative estimate of drug-likeness (QED) is 0.781. The number of likely N-dealkylation sites (N-methyl/N-ethyl adjacent to an activating group) is 1. The first kappa shape index (κ1) is 17.4. The third kappa shape index (κ3) is 4.68. The molecule has 1 unspecified atom stereocenters. The summed E-state index contributed by atoms with van der Waals surface area (Å²) in [5.74, 6) is -0.227. The molecule has 1 aromatic rings. The third-order valence-corrected chi connectivity index (χ3v) is 4.31. The van der Waals surface area contributed by atoms with Crippen LogP contribution in [0.25, 0.3) is 0 Å². The molecule has 8 heteroatoms. The highest BCUT2D eigenvalue weighted by Crippen LogP contribution is 2.10. The molecule has 0 spiro atoms. The van der Waals surface area contributed by atoms with Crippen LogP contribution in [0, 0.1) is 5.92 Å². The normalized spacial score (nSPS) is 13.2. The van der Waals surface area contributed by atoms with Gasteiger partial charge in [-0.2, -0.15) is 4.72 Å². The summed E-state index contributed by atoms with van der Waals surface area (Å²) >= 11 is 0. The van der Waals surface area contributed by atoms with Gasteiger partial charge in [0, 0.05) is 32.6 Å². The highest BCUT2D eigenvalue weighted by molar-refractivity contribution is 7.89. The van der Waals surface area contributed by atoms with Crippen molar-refractivity contribution in [1.29, 1.82) is 0 Å². The molecule has 1 atom stereocenters. The van der Waals surface area contributed by atoms with Crippen LogP contribution in [0.4, 0.5) is 0 Å². The number of amides is 1. The zero-order valence-corrected chi connectivity index (χ0v) is 13.4. The fourth-order valence-corrected chi connectivity index (χ4v) is 3.10. The summed E-state index contributed by atoms with van der Waals surface area (Å²) in [6.07, 6.45) is 2.80. The molecule has 21 heavy (non-hydrogen) atoms. The van der Waals surface area contributed by atoms with Crippen LogP contribution in [-0.4, -0.2) is 44.3 Å². The van der Waals surface area contributed by atoms with Crippen molar-refractivity contribution in [2.24, 2.45) is 5.92 Å². The minimum absolute atomic E-state index is 0.121. The van der Waals surface area contributed by atoms with Gasteiger partial charge in [-0.05, 0) is 12.3 Å². The van der Waals surface area contributed by atoms with Crippen LogP contribution in [0.5, 0.6) is 0 Å². The van der Waals surface area contributed by atoms with Crippen molar-refractivity contribution in [2.45, 2.75) is 31.2 Å². The summed E-state index contributed by atoms with van der Waals surface area (Å²) in [5, 5.41) is 0. The first-order chi connectivity index (χ1) is 9.65. The number of H-pyrrole nitrogens is 1. The molecule has 0 radical (unpaired) electrons. The van der Waals surface area contributed by atoms with Crippen LogP contribution < -0.4 is 10.2 Å². The Morgan fingerprint density at radius 3 is 2.48 bits per heavy atom. The Morgan fingerprint density at radius 2 is 2.00 bits per heavy atom. The highest BCUT2D eigenvalue weighted by Gasteiger charge is 2.28. The number of nitrogens with one attached hydrogen (secondary N) is 2. The number of nitrogens with zero attached hydrogens (tertiary/aromatic N) is 1. The predicted octanol–water partition coefficient (Wildman–Crippen LogP) is 0.156. The van der Waals surface area contributed by atoms with E-state index in [2.05, 4.69) is 9.71 Å². The fourth-order valence-electron chi connectivity index (χ4n) is 1.84. The van der Waals surface area contributed by atoms with Crippen LogP contribution in [0.3, 0.4) is 0 Å². The van der Waals surface area contributed by atoms with Crippen LogP contribution in [0.2, 0.25) is 0 Å². The van der Waals surface area contributed by atoms with Gasteiger partial charge >= 0.3 is 0 Å². The Morgan fingerprint density at radius 1 is 1.38 bits per heavy atom. The van der Waals surface area contributed by atoms with Crippen LogP contribution in [-0.2, 0) is 14.8 Å². The second kappa shape index (κ2) is 6.86. The molecule has 2 N–H and O–H groups in total. The van der Waals surface area contributed by atoms with Gasteiger partial charge in [0.2, 0.25) is 21.4 Å². The Balaban J connectivity index is 3.10. The lowest BCUT2D eigenvalue weighted by atomic mass is 10.0. The van der Waals surface area contributed by atoms with Crippen molar-refractivity contribution in [3.05, 3.63) is 28.7 Å². The molecule has 0 saturated heterocycles. The Labute approximate surface area is 124 Å². The van der Waals surface area contributed by atoms with Crippen molar-refractivity contribution in [1.82, 2.24) is 14.6 Å². The smallest absolute Gasteiger partial charge is 0.246 e. The molecule has 0 aliphatic rings. The SMILES string of the molecule is CC(C)CC(NS(=O)(=O)c1c[nH]ccc1=O)C(=O)N(C)C. The molecule has 7 nitrogen and oxygen atoms in total. The standard InChI is InChI=1S/C13H21N3O4S/c1-9(2)7-10(13(18)16(3)4)15-21(19,20)12-8-14-6-5-11(12)17/h5-6,8-10,15H,7H2,1-4H3,(H,14,17). The first-order valence-electron chi connectivity index (χ1n) is 6.55. The molecule has 1 aromatic heterocycles. The van der Waals surface area contributed by atoms with Crippen LogP contribution >= 0.6 is 0 Å². The topological polar surface area (TPSA) is 99.3 Å². The van der Waals surface area contributed by atoms with E-state index in [4.69, 9.17) is 0 Å². The Kier molecular flexibility index (Phi) is 5.68. The number of hydrogen-bond donors (Lipinski definition) is 2. The monoisotopic (exact) mass is 315 g/mol. The van der Waals surface area contributed by atoms with Crippen molar-refractivity contribution in [3.63, 3.8) is 0 Å². The summed E-state index contributed by atoms with van der Waals surface area (Å²) in [5.41, 5.74) is -0.623. The van der Waals surface area contributed by atoms with E-state index >= 15 is 0 Å². The lowest BCUT2D eigenvalue weighted by molar-refractivity contribution is -0.130. The van der Waals surface area contributed by atoms with Gasteiger partial charge in [-0.15, -0.1) is 0 Å². The van der Waals surface area contributed by atoms with Crippen molar-refractivity contribution >= 4 is 15.9 Å². The minimum Gasteiger partial charge on any atom is -0.366 e. The molecular weight excluding hydrogens is 294 g/mol. The number of sulfonamides is 1.